The number of aromatic amines is 1. The smallest absolute Gasteiger partial charge is 0.262 e. The monoisotopic (exact) mass is 294 g/mol. The summed E-state index contributed by atoms with van der Waals surface area (Å²) in [6.45, 7) is 2.91. The highest BCUT2D eigenvalue weighted by Crippen LogP contribution is 2.29. The number of hydrogen-bond acceptors (Lipinski definition) is 4. The largest absolute Gasteiger partial charge is 0.493 e. The predicted molar refractivity (Wildman–Crippen MR) is 77.2 cm³/mol. The summed E-state index contributed by atoms with van der Waals surface area (Å²) in [5.74, 6) is 0.0603. The molecule has 0 aliphatic carbocycles. The van der Waals surface area contributed by atoms with Gasteiger partial charge in [0.05, 0.1) is 6.61 Å². The normalized spacial score (nSPS) is 10.7. The summed E-state index contributed by atoms with van der Waals surface area (Å²) in [7, 11) is 0. The summed E-state index contributed by atoms with van der Waals surface area (Å²) in [5, 5.41) is 10.4. The summed E-state index contributed by atoms with van der Waals surface area (Å²) in [6, 6.07) is 6.80. The first-order valence-electron chi connectivity index (χ1n) is 6.28. The van der Waals surface area contributed by atoms with Crippen LogP contribution in [-0.2, 0) is 11.2 Å². The van der Waals surface area contributed by atoms with Gasteiger partial charge in [-0.3, -0.25) is 4.79 Å². The third-order valence-corrected chi connectivity index (χ3v) is 3.11. The maximum absolute atomic E-state index is 12.1. The van der Waals surface area contributed by atoms with Crippen molar-refractivity contribution in [3.8, 4) is 17.0 Å². The zero-order valence-electron chi connectivity index (χ0n) is 11.0. The minimum atomic E-state index is -0.419. The van der Waals surface area contributed by atoms with Gasteiger partial charge < -0.3 is 14.8 Å². The van der Waals surface area contributed by atoms with Gasteiger partial charge in [-0.05, 0) is 13.0 Å². The molecule has 6 heteroatoms. The van der Waals surface area contributed by atoms with E-state index in [1.165, 1.54) is 0 Å². The summed E-state index contributed by atoms with van der Waals surface area (Å²) < 4.78 is 5.19. The topological polar surface area (TPSA) is 75.2 Å². The number of aromatic nitrogens is 2. The Morgan fingerprint density at radius 2 is 2.15 bits per heavy atom. The highest BCUT2D eigenvalue weighted by Gasteiger charge is 2.15. The number of ether oxygens (including phenoxy) is 1. The minimum absolute atomic E-state index is 0.0794. The molecular formula is C14H15ClN2O3. The van der Waals surface area contributed by atoms with Crippen molar-refractivity contribution in [2.75, 3.05) is 13.2 Å². The summed E-state index contributed by atoms with van der Waals surface area (Å²) >= 11 is 6.03. The van der Waals surface area contributed by atoms with Crippen LogP contribution in [0.15, 0.2) is 29.1 Å². The average Bonchev–Trinajstić information content (AvgIpc) is 2.40. The Balaban J connectivity index is 2.37. The highest BCUT2D eigenvalue weighted by molar-refractivity contribution is 6.33. The molecule has 1 aromatic carbocycles. The Kier molecular flexibility index (Phi) is 4.76. The van der Waals surface area contributed by atoms with Gasteiger partial charge in [-0.1, -0.05) is 29.8 Å². The van der Waals surface area contributed by atoms with E-state index in [2.05, 4.69) is 9.97 Å². The van der Waals surface area contributed by atoms with E-state index in [-0.39, 0.29) is 11.4 Å². The van der Waals surface area contributed by atoms with Crippen LogP contribution in [0, 0.1) is 0 Å². The lowest BCUT2D eigenvalue weighted by Gasteiger charge is -2.07. The van der Waals surface area contributed by atoms with Crippen molar-refractivity contribution in [3.05, 3.63) is 45.5 Å². The molecule has 0 aliphatic heterocycles. The maximum atomic E-state index is 12.1. The van der Waals surface area contributed by atoms with Crippen molar-refractivity contribution < 1.29 is 9.84 Å². The van der Waals surface area contributed by atoms with Crippen molar-refractivity contribution in [2.45, 2.75) is 13.3 Å². The van der Waals surface area contributed by atoms with Crippen LogP contribution in [0.2, 0.25) is 5.02 Å². The van der Waals surface area contributed by atoms with E-state index in [1.54, 1.807) is 24.3 Å². The quantitative estimate of drug-likeness (QED) is 0.830. The molecule has 0 saturated carbocycles. The first kappa shape index (κ1) is 14.6. The molecule has 0 fully saturated rings. The third-order valence-electron chi connectivity index (χ3n) is 2.78. The second-order valence-electron chi connectivity index (χ2n) is 4.14. The Labute approximate surface area is 121 Å². The molecule has 0 amide bonds. The fourth-order valence-electron chi connectivity index (χ4n) is 1.85. The molecule has 0 unspecified atom stereocenters. The second kappa shape index (κ2) is 6.54. The molecule has 1 heterocycles. The maximum Gasteiger partial charge on any atom is 0.262 e. The minimum Gasteiger partial charge on any atom is -0.493 e. The lowest BCUT2D eigenvalue weighted by molar-refractivity contribution is 0.149. The van der Waals surface area contributed by atoms with E-state index in [9.17, 15) is 9.90 Å². The van der Waals surface area contributed by atoms with Crippen LogP contribution >= 0.6 is 11.6 Å². The van der Waals surface area contributed by atoms with Crippen LogP contribution in [0.5, 0.6) is 5.88 Å². The van der Waals surface area contributed by atoms with E-state index < -0.39 is 5.56 Å². The summed E-state index contributed by atoms with van der Waals surface area (Å²) in [4.78, 5) is 18.7. The number of halogens is 1. The van der Waals surface area contributed by atoms with Crippen molar-refractivity contribution in [2.24, 2.45) is 0 Å². The fraction of sp³-hybridized carbons (Fsp3) is 0.286. The van der Waals surface area contributed by atoms with Crippen LogP contribution in [0.25, 0.3) is 11.1 Å². The Hall–Kier alpha value is -1.85. The Morgan fingerprint density at radius 1 is 1.40 bits per heavy atom. The van der Waals surface area contributed by atoms with Gasteiger partial charge in [-0.25, -0.2) is 0 Å². The van der Waals surface area contributed by atoms with Crippen molar-refractivity contribution in [1.29, 1.82) is 0 Å². The van der Waals surface area contributed by atoms with Crippen LogP contribution in [-0.4, -0.2) is 28.3 Å². The molecule has 5 nitrogen and oxygen atoms in total. The molecule has 2 rings (SSSR count). The number of hydrogen-bond donors (Lipinski definition) is 2. The first-order chi connectivity index (χ1) is 9.63. The van der Waals surface area contributed by atoms with Gasteiger partial charge in [0.15, 0.2) is 0 Å². The molecule has 0 atom stereocenters. The lowest BCUT2D eigenvalue weighted by atomic mass is 10.1. The number of aromatic hydroxyl groups is 1. The van der Waals surface area contributed by atoms with Gasteiger partial charge in [-0.15, -0.1) is 0 Å². The molecule has 1 aromatic heterocycles. The van der Waals surface area contributed by atoms with Crippen LogP contribution < -0.4 is 5.56 Å². The summed E-state index contributed by atoms with van der Waals surface area (Å²) in [5.41, 5.74) is 0.115. The van der Waals surface area contributed by atoms with Crippen molar-refractivity contribution in [3.63, 3.8) is 0 Å². The number of nitrogens with one attached hydrogen (secondary N) is 1. The number of rotatable bonds is 5. The molecule has 0 saturated heterocycles. The van der Waals surface area contributed by atoms with Gasteiger partial charge in [0.2, 0.25) is 5.88 Å². The number of nitrogens with zero attached hydrogens (tertiary/aromatic N) is 1. The van der Waals surface area contributed by atoms with Gasteiger partial charge in [0.25, 0.3) is 5.56 Å². The van der Waals surface area contributed by atoms with E-state index in [0.717, 1.165) is 0 Å². The van der Waals surface area contributed by atoms with Crippen LogP contribution in [0.4, 0.5) is 0 Å². The standard InChI is InChI=1S/C14H15ClN2O3/c1-2-20-8-7-11-16-13(18)12(14(19)17-11)9-5-3-4-6-10(9)15/h3-6H,2,7-8H2,1H3,(H2,16,17,18,19). The summed E-state index contributed by atoms with van der Waals surface area (Å²) in [6.07, 6.45) is 0.430. The van der Waals surface area contributed by atoms with Gasteiger partial charge >= 0.3 is 0 Å². The zero-order valence-corrected chi connectivity index (χ0v) is 11.8. The van der Waals surface area contributed by atoms with E-state index >= 15 is 0 Å². The second-order valence-corrected chi connectivity index (χ2v) is 4.55. The molecule has 0 spiro atoms. The van der Waals surface area contributed by atoms with E-state index in [0.29, 0.717) is 36.0 Å². The SMILES string of the molecule is CCOCCc1nc(O)c(-c2ccccc2Cl)c(=O)[nH]1. The Morgan fingerprint density at radius 3 is 2.80 bits per heavy atom. The highest BCUT2D eigenvalue weighted by atomic mass is 35.5. The molecular weight excluding hydrogens is 280 g/mol. The number of H-pyrrole nitrogens is 1. The molecule has 0 radical (unpaired) electrons. The molecule has 2 N–H and O–H groups in total. The first-order valence-corrected chi connectivity index (χ1v) is 6.66. The van der Waals surface area contributed by atoms with Gasteiger partial charge in [0.1, 0.15) is 11.4 Å². The molecule has 20 heavy (non-hydrogen) atoms. The zero-order chi connectivity index (χ0) is 14.5. The van der Waals surface area contributed by atoms with Crippen LogP contribution in [0.3, 0.4) is 0 Å². The molecule has 0 bridgehead atoms. The Bertz CT molecular complexity index is 655. The van der Waals surface area contributed by atoms with Crippen molar-refractivity contribution in [1.82, 2.24) is 9.97 Å². The van der Waals surface area contributed by atoms with Gasteiger partial charge in [0, 0.05) is 23.6 Å². The number of benzene rings is 1. The van der Waals surface area contributed by atoms with E-state index in [1.807, 2.05) is 6.92 Å². The van der Waals surface area contributed by atoms with Gasteiger partial charge in [-0.2, -0.15) is 4.98 Å². The fourth-order valence-corrected chi connectivity index (χ4v) is 2.08. The lowest BCUT2D eigenvalue weighted by Crippen LogP contribution is -2.15. The van der Waals surface area contributed by atoms with Crippen LogP contribution in [0.1, 0.15) is 12.7 Å². The van der Waals surface area contributed by atoms with E-state index in [4.69, 9.17) is 16.3 Å². The molecule has 2 aromatic rings. The average molecular weight is 295 g/mol. The molecule has 106 valence electrons. The third kappa shape index (κ3) is 3.18. The van der Waals surface area contributed by atoms with Crippen molar-refractivity contribution >= 4 is 11.6 Å². The molecule has 0 aliphatic rings. The predicted octanol–water partition coefficient (Wildman–Crippen LogP) is 2.37.